The first-order chi connectivity index (χ1) is 43.6. The Hall–Kier alpha value is -10.3. The van der Waals surface area contributed by atoms with Gasteiger partial charge in [0.05, 0.1) is 0 Å². The molecule has 0 saturated heterocycles. The summed E-state index contributed by atoms with van der Waals surface area (Å²) in [6, 6.07) is 83.0. The van der Waals surface area contributed by atoms with Crippen molar-refractivity contribution in [2.45, 2.75) is 22.7 Å². The molecule has 9 aromatic carbocycles. The zero-order valence-electron chi connectivity index (χ0n) is 46.5. The van der Waals surface area contributed by atoms with Gasteiger partial charge in [-0.15, -0.1) is 32.3 Å². The molecule has 0 unspecified atom stereocenters. The molecule has 0 aliphatic heterocycles. The fraction of sp³-hybridized carbons (Fsp3) is 0.0526. The van der Waals surface area contributed by atoms with Crippen molar-refractivity contribution in [2.75, 3.05) is 0 Å². The van der Waals surface area contributed by atoms with Crippen molar-refractivity contribution in [3.63, 3.8) is 0 Å². The largest absolute Gasteiger partial charge is 0.184 e. The van der Waals surface area contributed by atoms with E-state index >= 15 is 0 Å². The first-order valence-electron chi connectivity index (χ1n) is 26.6. The quantitative estimate of drug-likeness (QED) is 0.0144. The lowest BCUT2D eigenvalue weighted by molar-refractivity contribution is -0.490. The molecule has 88 heavy (non-hydrogen) atoms. The highest BCUT2D eigenvalue weighted by atomic mass is 32.2. The third-order valence-corrected chi connectivity index (χ3v) is 14.5. The van der Waals surface area contributed by atoms with Crippen LogP contribution in [0.2, 0.25) is 0 Å². The molecule has 9 rings (SSSR count). The Morgan fingerprint density at radius 2 is 0.455 bits per heavy atom. The molecule has 0 fully saturated rings. The van der Waals surface area contributed by atoms with Gasteiger partial charge in [-0.1, -0.05) is 270 Å². The van der Waals surface area contributed by atoms with Crippen LogP contribution in [0, 0.1) is 106 Å². The molecule has 0 saturated carbocycles. The SMILES string of the molecule is C#CC#CC#CSOOOC(c1ccccc1)(c1ccccc1)c1ccc(C(c2ccc(C(OOOSC#CC#CC#C)(c3ccccc3)c3ccccc3)cc2)c2ccc(C(OOOSC#CC#CC#C)(c3ccccc3)c3ccccc3)cc2)cc1. The summed E-state index contributed by atoms with van der Waals surface area (Å²) in [4.78, 5) is 19.4. The Kier molecular flexibility index (Phi) is 23.2. The third-order valence-electron chi connectivity index (χ3n) is 13.6. The highest BCUT2D eigenvalue weighted by Gasteiger charge is 2.43. The second-order valence-corrected chi connectivity index (χ2v) is 19.8. The Labute approximate surface area is 526 Å². The number of rotatable bonds is 24. The van der Waals surface area contributed by atoms with Crippen molar-refractivity contribution >= 4 is 36.1 Å². The van der Waals surface area contributed by atoms with Crippen molar-refractivity contribution in [3.8, 4) is 106 Å². The van der Waals surface area contributed by atoms with E-state index in [1.807, 2.05) is 218 Å². The average molecular weight is 1200 g/mol. The second kappa shape index (κ2) is 32.8. The van der Waals surface area contributed by atoms with Crippen LogP contribution in [-0.4, -0.2) is 0 Å². The van der Waals surface area contributed by atoms with Crippen LogP contribution in [-0.2, 0) is 59.6 Å². The van der Waals surface area contributed by atoms with Crippen LogP contribution in [0.5, 0.6) is 0 Å². The lowest BCUT2D eigenvalue weighted by atomic mass is 9.76. The fourth-order valence-electron chi connectivity index (χ4n) is 9.91. The van der Waals surface area contributed by atoms with Gasteiger partial charge in [-0.3, -0.25) is 0 Å². The topological polar surface area (TPSA) is 83.1 Å². The first-order valence-corrected chi connectivity index (χ1v) is 28.9. The molecule has 0 N–H and O–H groups in total. The first kappa shape index (κ1) is 62.2. The van der Waals surface area contributed by atoms with Gasteiger partial charge in [0.2, 0.25) is 0 Å². The lowest BCUT2D eigenvalue weighted by Crippen LogP contribution is -2.33. The molecule has 0 aliphatic rings. The second-order valence-electron chi connectivity index (χ2n) is 18.3. The lowest BCUT2D eigenvalue weighted by Gasteiger charge is -2.34. The zero-order chi connectivity index (χ0) is 60.8. The van der Waals surface area contributed by atoms with E-state index in [1.54, 1.807) is 0 Å². The summed E-state index contributed by atoms with van der Waals surface area (Å²) < 4.78 is 16.2. The normalized spacial score (nSPS) is 10.6. The van der Waals surface area contributed by atoms with Crippen molar-refractivity contribution in [2.24, 2.45) is 0 Å². The summed E-state index contributed by atoms with van der Waals surface area (Å²) in [6.07, 6.45) is 15.8. The van der Waals surface area contributed by atoms with E-state index in [0.29, 0.717) is 36.1 Å². The van der Waals surface area contributed by atoms with Gasteiger partial charge < -0.3 is 0 Å². The molecule has 0 heterocycles. The molecule has 0 bridgehead atoms. The van der Waals surface area contributed by atoms with E-state index in [1.165, 1.54) is 0 Å². The predicted molar refractivity (Wildman–Crippen MR) is 344 cm³/mol. The Morgan fingerprint density at radius 1 is 0.250 bits per heavy atom. The Bertz CT molecular complexity index is 3710. The minimum absolute atomic E-state index is 0.417. The maximum atomic E-state index is 6.46. The van der Waals surface area contributed by atoms with Gasteiger partial charge in [0.1, 0.15) is 36.1 Å². The summed E-state index contributed by atoms with van der Waals surface area (Å²) >= 11 is 2.09. The fourth-order valence-corrected chi connectivity index (χ4v) is 10.5. The minimum Gasteiger partial charge on any atom is -0.184 e. The smallest absolute Gasteiger partial charge is 0.182 e. The molecular weight excluding hydrogens is 1150 g/mol. The zero-order valence-corrected chi connectivity index (χ0v) is 48.9. The summed E-state index contributed by atoms with van der Waals surface area (Å²) in [7, 11) is 0. The summed E-state index contributed by atoms with van der Waals surface area (Å²) in [5, 5.41) is 24.8. The van der Waals surface area contributed by atoms with Crippen LogP contribution in [0.15, 0.2) is 255 Å². The average Bonchev–Trinajstić information content (AvgIpc) is 0.979. The highest BCUT2D eigenvalue weighted by molar-refractivity contribution is 7.99. The van der Waals surface area contributed by atoms with E-state index in [9.17, 15) is 0 Å². The van der Waals surface area contributed by atoms with Crippen molar-refractivity contribution in [3.05, 3.63) is 322 Å². The molecule has 0 spiro atoms. The van der Waals surface area contributed by atoms with Gasteiger partial charge in [-0.2, -0.15) is 14.7 Å². The summed E-state index contributed by atoms with van der Waals surface area (Å²) in [5.41, 5.74) is 5.35. The van der Waals surface area contributed by atoms with Crippen LogP contribution in [0.1, 0.15) is 72.7 Å². The van der Waals surface area contributed by atoms with Crippen LogP contribution in [0.3, 0.4) is 0 Å². The van der Waals surface area contributed by atoms with E-state index < -0.39 is 22.7 Å². The molecule has 0 aromatic heterocycles. The third kappa shape index (κ3) is 15.2. The Balaban J connectivity index is 1.18. The molecule has 0 radical (unpaired) electrons. The molecule has 0 amide bonds. The highest BCUT2D eigenvalue weighted by Crippen LogP contribution is 2.46. The summed E-state index contributed by atoms with van der Waals surface area (Å²) in [6.45, 7) is 0. The molecule has 0 aliphatic carbocycles. The van der Waals surface area contributed by atoms with Crippen LogP contribution < -0.4 is 0 Å². The predicted octanol–water partition coefficient (Wildman–Crippen LogP) is 15.1. The van der Waals surface area contributed by atoms with Crippen molar-refractivity contribution in [1.29, 1.82) is 0 Å². The molecule has 9 nitrogen and oxygen atoms in total. The monoisotopic (exact) mass is 1200 g/mol. The van der Waals surface area contributed by atoms with E-state index in [2.05, 4.69) is 123 Å². The van der Waals surface area contributed by atoms with Gasteiger partial charge in [-0.25, -0.2) is 0 Å². The van der Waals surface area contributed by atoms with Crippen LogP contribution in [0.25, 0.3) is 0 Å². The van der Waals surface area contributed by atoms with Gasteiger partial charge in [0.15, 0.2) is 16.8 Å². The maximum absolute atomic E-state index is 6.46. The van der Waals surface area contributed by atoms with Crippen molar-refractivity contribution in [1.82, 2.24) is 0 Å². The minimum atomic E-state index is -1.37. The van der Waals surface area contributed by atoms with Crippen LogP contribution >= 0.6 is 36.1 Å². The molecule has 0 atom stereocenters. The molecule has 12 heteroatoms. The maximum Gasteiger partial charge on any atom is 0.182 e. The molecule has 422 valence electrons. The van der Waals surface area contributed by atoms with Gasteiger partial charge in [0.25, 0.3) is 0 Å². The molecule has 9 aromatic rings. The van der Waals surface area contributed by atoms with Gasteiger partial charge in [-0.05, 0) is 120 Å². The Morgan fingerprint density at radius 3 is 0.659 bits per heavy atom. The number of hydrogen-bond acceptors (Lipinski definition) is 12. The van der Waals surface area contributed by atoms with Gasteiger partial charge >= 0.3 is 0 Å². The summed E-state index contributed by atoms with van der Waals surface area (Å²) in [5.74, 6) is 29.0. The van der Waals surface area contributed by atoms with Crippen LogP contribution in [0.4, 0.5) is 0 Å². The molecular formula is C76H46O9S3. The number of benzene rings is 9. The standard InChI is InChI=1S/C76H46O9S3/c1-4-7-10-31-58-86-83-80-77-74(64-34-19-13-20-35-64,65-36-21-14-22-37-65)70-52-46-61(47-53-70)73(62-48-54-71(55-49-62)75(66-38-23-15-24-39-66,67-40-25-16-26-41-67)78-81-84-87-59-32-11-8-5-2)63-50-56-72(57-51-63)76(68-42-27-17-28-43-68,69-44-29-18-30-45-69)79-82-85-88-60-33-12-9-6-3/h1-3,13-30,34-57,73H. The van der Waals surface area contributed by atoms with Crippen molar-refractivity contribution < 1.29 is 42.8 Å². The number of hydrogen-bond donors (Lipinski definition) is 0. The van der Waals surface area contributed by atoms with E-state index in [4.69, 9.17) is 62.0 Å². The number of terminal acetylenes is 3. The van der Waals surface area contributed by atoms with E-state index in [0.717, 1.165) is 66.8 Å². The van der Waals surface area contributed by atoms with Gasteiger partial charge in [0, 0.05) is 39.4 Å². The van der Waals surface area contributed by atoms with E-state index in [-0.39, 0.29) is 0 Å².